The molecule has 7 nitrogen and oxygen atoms in total. The van der Waals surface area contributed by atoms with E-state index in [2.05, 4.69) is 0 Å². The van der Waals surface area contributed by atoms with E-state index in [1.165, 1.54) is 11.3 Å². The lowest BCUT2D eigenvalue weighted by Gasteiger charge is -2.25. The van der Waals surface area contributed by atoms with Gasteiger partial charge < -0.3 is 14.2 Å². The highest BCUT2D eigenvalue weighted by Crippen LogP contribution is 2.39. The number of esters is 1. The maximum absolute atomic E-state index is 12.9. The Hall–Kier alpha value is -2.19. The summed E-state index contributed by atoms with van der Waals surface area (Å²) in [6.45, 7) is 4.31. The van der Waals surface area contributed by atoms with Gasteiger partial charge in [0, 0.05) is 6.54 Å². The van der Waals surface area contributed by atoms with Gasteiger partial charge in [0.1, 0.15) is 0 Å². The first-order valence-corrected chi connectivity index (χ1v) is 12.1. The van der Waals surface area contributed by atoms with Crippen LogP contribution in [0.25, 0.3) is 6.08 Å². The maximum atomic E-state index is 12.9. The van der Waals surface area contributed by atoms with Crippen LogP contribution in [0.15, 0.2) is 17.0 Å². The molecule has 1 saturated heterocycles. The molecule has 0 unspecified atom stereocenters. The summed E-state index contributed by atoms with van der Waals surface area (Å²) in [6, 6.07) is 3.28. The van der Waals surface area contributed by atoms with Crippen molar-refractivity contribution in [2.45, 2.75) is 46.0 Å². The normalized spacial score (nSPS) is 18.3. The molecule has 1 aromatic rings. The number of imide groups is 1. The van der Waals surface area contributed by atoms with E-state index in [1.54, 1.807) is 25.1 Å². The number of amides is 2. The fourth-order valence-corrected chi connectivity index (χ4v) is 4.97. The summed E-state index contributed by atoms with van der Waals surface area (Å²) in [5.74, 6) is 0.163. The van der Waals surface area contributed by atoms with E-state index >= 15 is 0 Å². The van der Waals surface area contributed by atoms with Crippen LogP contribution in [0.1, 0.15) is 51.5 Å². The lowest BCUT2D eigenvalue weighted by atomic mass is 9.89. The summed E-state index contributed by atoms with van der Waals surface area (Å²) < 4.78 is 16.0. The first-order chi connectivity index (χ1) is 15.4. The number of carbonyl (C=O) groups is 3. The van der Waals surface area contributed by atoms with Crippen LogP contribution in [0.3, 0.4) is 0 Å². The molecule has 9 heteroatoms. The molecule has 2 amide bonds. The Morgan fingerprint density at radius 1 is 1.16 bits per heavy atom. The standard InChI is InChI=1S/C23H28ClNO6S/c1-3-29-18-11-16(10-17(24)21(18)31-14-20(26)30-4-2)12-19-22(27)25(23(28)32-19)13-15-8-6-5-7-9-15/h10-12,15H,3-9,13-14H2,1-2H3. The number of nitrogens with zero attached hydrogens (tertiary/aromatic N) is 1. The van der Waals surface area contributed by atoms with Crippen molar-refractivity contribution in [1.29, 1.82) is 0 Å². The van der Waals surface area contributed by atoms with Gasteiger partial charge in [0.25, 0.3) is 11.1 Å². The molecule has 0 bridgehead atoms. The second kappa shape index (κ2) is 11.6. The van der Waals surface area contributed by atoms with Gasteiger partial charge in [0.2, 0.25) is 0 Å². The topological polar surface area (TPSA) is 82.1 Å². The van der Waals surface area contributed by atoms with Crippen molar-refractivity contribution >= 4 is 46.6 Å². The average Bonchev–Trinajstić information content (AvgIpc) is 3.01. The predicted molar refractivity (Wildman–Crippen MR) is 124 cm³/mol. The third kappa shape index (κ3) is 6.19. The molecule has 0 N–H and O–H groups in total. The molecule has 1 heterocycles. The summed E-state index contributed by atoms with van der Waals surface area (Å²) in [4.78, 5) is 38.7. The first kappa shape index (κ1) is 24.5. The van der Waals surface area contributed by atoms with Gasteiger partial charge in [-0.2, -0.15) is 0 Å². The van der Waals surface area contributed by atoms with E-state index < -0.39 is 5.97 Å². The smallest absolute Gasteiger partial charge is 0.344 e. The van der Waals surface area contributed by atoms with Gasteiger partial charge in [0.05, 0.1) is 23.1 Å². The number of carbonyl (C=O) groups excluding carboxylic acids is 3. The highest BCUT2D eigenvalue weighted by molar-refractivity contribution is 8.18. The first-order valence-electron chi connectivity index (χ1n) is 10.9. The molecule has 0 aromatic heterocycles. The number of ether oxygens (including phenoxy) is 3. The van der Waals surface area contributed by atoms with E-state index in [1.807, 2.05) is 6.92 Å². The van der Waals surface area contributed by atoms with Gasteiger partial charge >= 0.3 is 5.97 Å². The summed E-state index contributed by atoms with van der Waals surface area (Å²) in [7, 11) is 0. The van der Waals surface area contributed by atoms with Crippen LogP contribution in [-0.2, 0) is 14.3 Å². The Morgan fingerprint density at radius 2 is 1.91 bits per heavy atom. The Bertz CT molecular complexity index is 897. The highest BCUT2D eigenvalue weighted by Gasteiger charge is 2.36. The summed E-state index contributed by atoms with van der Waals surface area (Å²) in [5.41, 5.74) is 0.602. The minimum absolute atomic E-state index is 0.226. The molecule has 3 rings (SSSR count). The minimum atomic E-state index is -0.512. The van der Waals surface area contributed by atoms with Gasteiger partial charge in [-0.3, -0.25) is 14.5 Å². The zero-order valence-corrected chi connectivity index (χ0v) is 19.9. The van der Waals surface area contributed by atoms with E-state index in [4.69, 9.17) is 25.8 Å². The van der Waals surface area contributed by atoms with Crippen LogP contribution in [-0.4, -0.2) is 48.4 Å². The van der Waals surface area contributed by atoms with Gasteiger partial charge in [-0.05, 0) is 68.1 Å². The maximum Gasteiger partial charge on any atom is 0.344 e. The van der Waals surface area contributed by atoms with Crippen LogP contribution in [0.2, 0.25) is 5.02 Å². The van der Waals surface area contributed by atoms with Gasteiger partial charge in [-0.1, -0.05) is 30.9 Å². The Kier molecular flexibility index (Phi) is 8.87. The second-order valence-corrected chi connectivity index (χ2v) is 9.05. The molecule has 0 radical (unpaired) electrons. The lowest BCUT2D eigenvalue weighted by Crippen LogP contribution is -2.34. The van der Waals surface area contributed by atoms with Crippen LogP contribution in [0, 0.1) is 5.92 Å². The number of hydrogen-bond donors (Lipinski definition) is 0. The number of halogens is 1. The molecular formula is C23H28ClNO6S. The molecule has 174 valence electrons. The zero-order chi connectivity index (χ0) is 23.1. The largest absolute Gasteiger partial charge is 0.490 e. The summed E-state index contributed by atoms with van der Waals surface area (Å²) >= 11 is 7.32. The fourth-order valence-electron chi connectivity index (χ4n) is 3.84. The SMILES string of the molecule is CCOC(=O)COc1c(Cl)cc(C=C2SC(=O)N(CC3CCCCC3)C2=O)cc1OCC. The molecule has 1 aliphatic heterocycles. The average molecular weight is 482 g/mol. The molecule has 2 aliphatic rings. The zero-order valence-electron chi connectivity index (χ0n) is 18.4. The van der Waals surface area contributed by atoms with Crippen LogP contribution < -0.4 is 9.47 Å². The molecular weight excluding hydrogens is 454 g/mol. The van der Waals surface area contributed by atoms with Crippen molar-refractivity contribution in [2.24, 2.45) is 5.92 Å². The van der Waals surface area contributed by atoms with Gasteiger partial charge in [-0.25, -0.2) is 4.79 Å². The summed E-state index contributed by atoms with van der Waals surface area (Å²) in [5, 5.41) is -0.00900. The molecule has 1 aliphatic carbocycles. The predicted octanol–water partition coefficient (Wildman–Crippen LogP) is 5.30. The van der Waals surface area contributed by atoms with E-state index in [-0.39, 0.29) is 35.1 Å². The van der Waals surface area contributed by atoms with E-state index in [9.17, 15) is 14.4 Å². The molecule has 1 aromatic carbocycles. The van der Waals surface area contributed by atoms with Crippen LogP contribution >= 0.6 is 23.4 Å². The van der Waals surface area contributed by atoms with Crippen molar-refractivity contribution in [2.75, 3.05) is 26.4 Å². The van der Waals surface area contributed by atoms with E-state index in [0.717, 1.165) is 37.4 Å². The van der Waals surface area contributed by atoms with Crippen LogP contribution in [0.4, 0.5) is 4.79 Å². The van der Waals surface area contributed by atoms with Crippen molar-refractivity contribution in [3.8, 4) is 11.5 Å². The van der Waals surface area contributed by atoms with Gasteiger partial charge in [0.15, 0.2) is 18.1 Å². The summed E-state index contributed by atoms with van der Waals surface area (Å²) in [6.07, 6.45) is 7.28. The monoisotopic (exact) mass is 481 g/mol. The van der Waals surface area contributed by atoms with Gasteiger partial charge in [-0.15, -0.1) is 0 Å². The fraction of sp³-hybridized carbons (Fsp3) is 0.522. The third-order valence-corrected chi connectivity index (χ3v) is 6.50. The highest BCUT2D eigenvalue weighted by atomic mass is 35.5. The van der Waals surface area contributed by atoms with Crippen molar-refractivity contribution in [3.05, 3.63) is 27.6 Å². The number of benzene rings is 1. The Balaban J connectivity index is 1.77. The minimum Gasteiger partial charge on any atom is -0.490 e. The molecule has 1 saturated carbocycles. The number of thioether (sulfide) groups is 1. The molecule has 0 spiro atoms. The van der Waals surface area contributed by atoms with Crippen molar-refractivity contribution < 1.29 is 28.6 Å². The lowest BCUT2D eigenvalue weighted by molar-refractivity contribution is -0.145. The van der Waals surface area contributed by atoms with Crippen molar-refractivity contribution in [1.82, 2.24) is 4.90 Å². The molecule has 32 heavy (non-hydrogen) atoms. The number of rotatable bonds is 9. The van der Waals surface area contributed by atoms with E-state index in [0.29, 0.717) is 35.3 Å². The van der Waals surface area contributed by atoms with Crippen LogP contribution in [0.5, 0.6) is 11.5 Å². The Labute approximate surface area is 197 Å². The van der Waals surface area contributed by atoms with Crippen molar-refractivity contribution in [3.63, 3.8) is 0 Å². The molecule has 0 atom stereocenters. The molecule has 2 fully saturated rings. The Morgan fingerprint density at radius 3 is 2.59 bits per heavy atom. The second-order valence-electron chi connectivity index (χ2n) is 7.65. The third-order valence-electron chi connectivity index (χ3n) is 5.31. The number of hydrogen-bond acceptors (Lipinski definition) is 7. The quantitative estimate of drug-likeness (QED) is 0.349.